The van der Waals surface area contributed by atoms with Crippen LogP contribution in [0.3, 0.4) is 0 Å². The highest BCUT2D eigenvalue weighted by Crippen LogP contribution is 2.31. The topological polar surface area (TPSA) is 53.9 Å². The Bertz CT molecular complexity index is 1020. The molecule has 1 N–H and O–H groups in total. The highest BCUT2D eigenvalue weighted by Gasteiger charge is 2.30. The lowest BCUT2D eigenvalue weighted by Crippen LogP contribution is -2.38. The molecule has 0 saturated carbocycles. The van der Waals surface area contributed by atoms with Crippen LogP contribution in [0.5, 0.6) is 0 Å². The molecule has 1 aromatic carbocycles. The van der Waals surface area contributed by atoms with E-state index in [0.29, 0.717) is 13.1 Å². The molecule has 3 aromatic rings. The van der Waals surface area contributed by atoms with Crippen molar-refractivity contribution < 1.29 is 9.18 Å². The molecule has 1 aliphatic rings. The van der Waals surface area contributed by atoms with Gasteiger partial charge >= 0.3 is 0 Å². The van der Waals surface area contributed by atoms with Gasteiger partial charge in [0.05, 0.1) is 11.6 Å². The minimum absolute atomic E-state index is 0.0978. The fourth-order valence-corrected chi connectivity index (χ4v) is 4.19. The van der Waals surface area contributed by atoms with Crippen molar-refractivity contribution in [1.82, 2.24) is 19.7 Å². The van der Waals surface area contributed by atoms with Gasteiger partial charge in [0.2, 0.25) is 5.91 Å². The first-order valence-corrected chi connectivity index (χ1v) is 8.94. The minimum Gasteiger partial charge on any atom is -0.358 e. The van der Waals surface area contributed by atoms with Crippen molar-refractivity contribution in [2.24, 2.45) is 7.05 Å². The van der Waals surface area contributed by atoms with Crippen molar-refractivity contribution in [3.05, 3.63) is 52.2 Å². The van der Waals surface area contributed by atoms with Crippen molar-refractivity contribution >= 4 is 16.8 Å². The number of carbonyl (C=O) groups excluding carboxylic acids is 1. The number of hydrogen-bond acceptors (Lipinski definition) is 2. The van der Waals surface area contributed by atoms with Gasteiger partial charge in [0.25, 0.3) is 0 Å². The van der Waals surface area contributed by atoms with E-state index in [9.17, 15) is 9.18 Å². The normalized spacial score (nSPS) is 15.3. The summed E-state index contributed by atoms with van der Waals surface area (Å²) in [6.07, 6.45) is 0.759. The summed E-state index contributed by atoms with van der Waals surface area (Å²) in [4.78, 5) is 18.4. The number of nitrogens with one attached hydrogen (secondary N) is 1. The highest BCUT2D eigenvalue weighted by molar-refractivity contribution is 5.88. The van der Waals surface area contributed by atoms with E-state index in [1.807, 2.05) is 37.4 Å². The number of carbonyl (C=O) groups is 1. The molecule has 0 aliphatic carbocycles. The molecule has 0 saturated heterocycles. The zero-order chi connectivity index (χ0) is 18.6. The van der Waals surface area contributed by atoms with Gasteiger partial charge < -0.3 is 9.88 Å². The zero-order valence-electron chi connectivity index (χ0n) is 15.6. The predicted octanol–water partition coefficient (Wildman–Crippen LogP) is 3.35. The molecule has 0 spiro atoms. The molecule has 4 rings (SSSR count). The van der Waals surface area contributed by atoms with Crippen molar-refractivity contribution in [2.45, 2.75) is 39.7 Å². The number of halogens is 1. The lowest BCUT2D eigenvalue weighted by Gasteiger charge is -2.30. The van der Waals surface area contributed by atoms with Gasteiger partial charge in [0.1, 0.15) is 5.82 Å². The van der Waals surface area contributed by atoms with Crippen LogP contribution in [0.1, 0.15) is 41.1 Å². The van der Waals surface area contributed by atoms with Crippen molar-refractivity contribution in [3.8, 4) is 0 Å². The molecule has 136 valence electrons. The number of hydrogen-bond donors (Lipinski definition) is 1. The van der Waals surface area contributed by atoms with E-state index in [0.717, 1.165) is 45.5 Å². The summed E-state index contributed by atoms with van der Waals surface area (Å²) in [5.74, 6) is -0.398. The first-order chi connectivity index (χ1) is 12.4. The number of nitrogens with zero attached hydrogens (tertiary/aromatic N) is 3. The Balaban J connectivity index is 1.65. The summed E-state index contributed by atoms with van der Waals surface area (Å²) in [5, 5.41) is 5.31. The number of H-pyrrole nitrogens is 1. The Hall–Kier alpha value is -2.63. The Morgan fingerprint density at radius 2 is 2.12 bits per heavy atom. The van der Waals surface area contributed by atoms with Crippen molar-refractivity contribution in [3.63, 3.8) is 0 Å². The van der Waals surface area contributed by atoms with Crippen LogP contribution < -0.4 is 0 Å². The summed E-state index contributed by atoms with van der Waals surface area (Å²) < 4.78 is 15.5. The fourth-order valence-electron chi connectivity index (χ4n) is 4.19. The summed E-state index contributed by atoms with van der Waals surface area (Å²) in [6.45, 7) is 7.08. The molecule has 5 nitrogen and oxygen atoms in total. The van der Waals surface area contributed by atoms with E-state index < -0.39 is 0 Å². The summed E-state index contributed by atoms with van der Waals surface area (Å²) >= 11 is 0. The molecule has 1 atom stereocenters. The number of fused-ring (bicyclic) bond motifs is 3. The number of amides is 1. The monoisotopic (exact) mass is 354 g/mol. The summed E-state index contributed by atoms with van der Waals surface area (Å²) in [5.41, 5.74) is 6.00. The molecule has 0 fully saturated rings. The van der Waals surface area contributed by atoms with Crippen molar-refractivity contribution in [1.29, 1.82) is 0 Å². The molecule has 3 heterocycles. The number of benzene rings is 1. The third kappa shape index (κ3) is 2.52. The Morgan fingerprint density at radius 1 is 1.35 bits per heavy atom. The van der Waals surface area contributed by atoms with Crippen LogP contribution >= 0.6 is 0 Å². The van der Waals surface area contributed by atoms with Gasteiger partial charge in [-0.25, -0.2) is 4.39 Å². The largest absolute Gasteiger partial charge is 0.358 e. The van der Waals surface area contributed by atoms with Gasteiger partial charge in [0, 0.05) is 60.0 Å². The van der Waals surface area contributed by atoms with E-state index >= 15 is 0 Å². The second-order valence-corrected chi connectivity index (χ2v) is 7.21. The van der Waals surface area contributed by atoms with Crippen LogP contribution in [0, 0.1) is 19.7 Å². The van der Waals surface area contributed by atoms with E-state index in [2.05, 4.69) is 10.1 Å². The van der Waals surface area contributed by atoms with E-state index in [1.165, 1.54) is 6.07 Å². The maximum atomic E-state index is 13.7. The van der Waals surface area contributed by atoms with Crippen molar-refractivity contribution in [2.75, 3.05) is 6.54 Å². The van der Waals surface area contributed by atoms with Crippen LogP contribution in [-0.4, -0.2) is 32.1 Å². The van der Waals surface area contributed by atoms with E-state index in [1.54, 1.807) is 12.1 Å². The number of aromatic nitrogens is 3. The van der Waals surface area contributed by atoms with Crippen LogP contribution in [0.2, 0.25) is 0 Å². The Kier molecular flexibility index (Phi) is 3.86. The first kappa shape index (κ1) is 16.8. The Labute approximate surface area is 151 Å². The van der Waals surface area contributed by atoms with Gasteiger partial charge in [-0.15, -0.1) is 0 Å². The van der Waals surface area contributed by atoms with Gasteiger partial charge in [-0.1, -0.05) is 0 Å². The van der Waals surface area contributed by atoms with Gasteiger partial charge in [0.15, 0.2) is 0 Å². The molecule has 1 amide bonds. The molecule has 0 radical (unpaired) electrons. The number of aromatic amines is 1. The minimum atomic E-state index is -0.252. The SMILES string of the molecule is Cc1nn(C)c(C)c1C(C)C(=O)N1CCc2[nH]c3ccc(F)cc3c2C1. The fraction of sp³-hybridized carbons (Fsp3) is 0.400. The molecular formula is C20H23FN4O. The van der Waals surface area contributed by atoms with Gasteiger partial charge in [-0.3, -0.25) is 9.48 Å². The van der Waals surface area contributed by atoms with E-state index in [4.69, 9.17) is 0 Å². The summed E-state index contributed by atoms with van der Waals surface area (Å²) in [6, 6.07) is 4.78. The lowest BCUT2D eigenvalue weighted by atomic mass is 9.96. The first-order valence-electron chi connectivity index (χ1n) is 8.94. The highest BCUT2D eigenvalue weighted by atomic mass is 19.1. The molecular weight excluding hydrogens is 331 g/mol. The predicted molar refractivity (Wildman–Crippen MR) is 98.5 cm³/mol. The van der Waals surface area contributed by atoms with Gasteiger partial charge in [-0.05, 0) is 39.0 Å². The van der Waals surface area contributed by atoms with Crippen LogP contribution in [0.15, 0.2) is 18.2 Å². The van der Waals surface area contributed by atoms with E-state index in [-0.39, 0.29) is 17.6 Å². The third-order valence-electron chi connectivity index (χ3n) is 5.62. The van der Waals surface area contributed by atoms with Gasteiger partial charge in [-0.2, -0.15) is 5.10 Å². The average Bonchev–Trinajstić information content (AvgIpc) is 3.09. The second-order valence-electron chi connectivity index (χ2n) is 7.21. The molecule has 26 heavy (non-hydrogen) atoms. The number of rotatable bonds is 2. The van der Waals surface area contributed by atoms with Crippen LogP contribution in [0.25, 0.3) is 10.9 Å². The lowest BCUT2D eigenvalue weighted by molar-refractivity contribution is -0.133. The molecule has 0 bridgehead atoms. The number of aryl methyl sites for hydroxylation is 2. The summed E-state index contributed by atoms with van der Waals surface area (Å²) in [7, 11) is 1.90. The molecule has 1 aliphatic heterocycles. The second kappa shape index (κ2) is 5.97. The molecule has 6 heteroatoms. The quantitative estimate of drug-likeness (QED) is 0.767. The van der Waals surface area contributed by atoms with Crippen LogP contribution in [-0.2, 0) is 24.8 Å². The standard InChI is InChI=1S/C20H23FN4O/c1-11(19-12(2)23-24(4)13(19)3)20(26)25-8-7-18-16(10-25)15-9-14(21)5-6-17(15)22-18/h5-6,9,11,22H,7-8,10H2,1-4H3. The maximum Gasteiger partial charge on any atom is 0.230 e. The average molecular weight is 354 g/mol. The maximum absolute atomic E-state index is 13.7. The molecule has 1 unspecified atom stereocenters. The molecule has 2 aromatic heterocycles. The van der Waals surface area contributed by atoms with Crippen LogP contribution in [0.4, 0.5) is 4.39 Å². The third-order valence-corrected chi connectivity index (χ3v) is 5.62. The Morgan fingerprint density at radius 3 is 2.81 bits per heavy atom. The zero-order valence-corrected chi connectivity index (χ0v) is 15.6. The smallest absolute Gasteiger partial charge is 0.230 e.